The van der Waals surface area contributed by atoms with Gasteiger partial charge in [0.05, 0.1) is 6.04 Å². The normalized spacial score (nSPS) is 13.0. The second-order valence-electron chi connectivity index (χ2n) is 6.39. The summed E-state index contributed by atoms with van der Waals surface area (Å²) in [6.07, 6.45) is 0.989. The molecule has 0 aliphatic heterocycles. The molecule has 2 amide bonds. The topological polar surface area (TPSA) is 58.2 Å². The zero-order chi connectivity index (χ0) is 18.4. The molecule has 2 atom stereocenters. The summed E-state index contributed by atoms with van der Waals surface area (Å²) in [7, 11) is 0. The summed E-state index contributed by atoms with van der Waals surface area (Å²) < 4.78 is 0. The van der Waals surface area contributed by atoms with Gasteiger partial charge in [-0.3, -0.25) is 9.59 Å². The SMILES string of the molecule is CCc1ccc(C(C)NC(=O)C(C)NC(=O)c2cccc(C)c2)cc1. The second-order valence-corrected chi connectivity index (χ2v) is 6.39. The largest absolute Gasteiger partial charge is 0.348 e. The first-order valence-corrected chi connectivity index (χ1v) is 8.67. The summed E-state index contributed by atoms with van der Waals surface area (Å²) >= 11 is 0. The van der Waals surface area contributed by atoms with Crippen LogP contribution in [0.15, 0.2) is 48.5 Å². The molecule has 132 valence electrons. The van der Waals surface area contributed by atoms with Crippen molar-refractivity contribution in [2.75, 3.05) is 0 Å². The van der Waals surface area contributed by atoms with Crippen LogP contribution < -0.4 is 10.6 Å². The van der Waals surface area contributed by atoms with E-state index in [0.717, 1.165) is 17.5 Å². The van der Waals surface area contributed by atoms with Gasteiger partial charge in [-0.25, -0.2) is 0 Å². The first kappa shape index (κ1) is 18.7. The fourth-order valence-electron chi connectivity index (χ4n) is 2.60. The molecule has 0 saturated heterocycles. The number of benzene rings is 2. The number of carbonyl (C=O) groups excluding carboxylic acids is 2. The Balaban J connectivity index is 1.93. The lowest BCUT2D eigenvalue weighted by Crippen LogP contribution is -2.45. The van der Waals surface area contributed by atoms with E-state index in [4.69, 9.17) is 0 Å². The van der Waals surface area contributed by atoms with E-state index >= 15 is 0 Å². The molecule has 2 N–H and O–H groups in total. The Morgan fingerprint density at radius 3 is 2.28 bits per heavy atom. The third-order valence-corrected chi connectivity index (χ3v) is 4.27. The number of hydrogen-bond donors (Lipinski definition) is 2. The fraction of sp³-hybridized carbons (Fsp3) is 0.333. The third kappa shape index (κ3) is 5.18. The van der Waals surface area contributed by atoms with Crippen LogP contribution in [-0.4, -0.2) is 17.9 Å². The minimum absolute atomic E-state index is 0.114. The first-order chi connectivity index (χ1) is 11.9. The van der Waals surface area contributed by atoms with Crippen LogP contribution in [0.5, 0.6) is 0 Å². The van der Waals surface area contributed by atoms with Gasteiger partial charge in [0.25, 0.3) is 5.91 Å². The molecule has 2 aromatic carbocycles. The second kappa shape index (κ2) is 8.47. The van der Waals surface area contributed by atoms with Crippen LogP contribution in [0.3, 0.4) is 0 Å². The van der Waals surface area contributed by atoms with Crippen molar-refractivity contribution in [3.05, 3.63) is 70.8 Å². The number of nitrogens with one attached hydrogen (secondary N) is 2. The Hall–Kier alpha value is -2.62. The molecule has 0 heterocycles. The molecule has 2 unspecified atom stereocenters. The molecule has 2 rings (SSSR count). The number of carbonyl (C=O) groups is 2. The van der Waals surface area contributed by atoms with E-state index in [9.17, 15) is 9.59 Å². The van der Waals surface area contributed by atoms with E-state index in [1.807, 2.05) is 38.1 Å². The van der Waals surface area contributed by atoms with Crippen LogP contribution in [0.2, 0.25) is 0 Å². The van der Waals surface area contributed by atoms with Crippen LogP contribution in [0, 0.1) is 6.92 Å². The van der Waals surface area contributed by atoms with Crippen LogP contribution in [0.1, 0.15) is 53.9 Å². The van der Waals surface area contributed by atoms with Crippen molar-refractivity contribution in [1.82, 2.24) is 10.6 Å². The van der Waals surface area contributed by atoms with Crippen molar-refractivity contribution in [1.29, 1.82) is 0 Å². The maximum atomic E-state index is 12.4. The highest BCUT2D eigenvalue weighted by Gasteiger charge is 2.18. The van der Waals surface area contributed by atoms with Gasteiger partial charge in [-0.1, -0.05) is 48.9 Å². The molecule has 0 fully saturated rings. The average molecular weight is 338 g/mol. The molecule has 0 aliphatic carbocycles. The molecule has 0 saturated carbocycles. The number of hydrogen-bond acceptors (Lipinski definition) is 2. The van der Waals surface area contributed by atoms with E-state index < -0.39 is 6.04 Å². The van der Waals surface area contributed by atoms with Gasteiger partial charge in [-0.2, -0.15) is 0 Å². The molecule has 0 spiro atoms. The van der Waals surface area contributed by atoms with Gasteiger partial charge in [-0.05, 0) is 50.5 Å². The first-order valence-electron chi connectivity index (χ1n) is 8.67. The lowest BCUT2D eigenvalue weighted by molar-refractivity contribution is -0.123. The number of amides is 2. The van der Waals surface area contributed by atoms with E-state index in [2.05, 4.69) is 29.7 Å². The molecule has 2 aromatic rings. The average Bonchev–Trinajstić information content (AvgIpc) is 2.61. The zero-order valence-corrected chi connectivity index (χ0v) is 15.3. The fourth-order valence-corrected chi connectivity index (χ4v) is 2.60. The van der Waals surface area contributed by atoms with Gasteiger partial charge in [0.2, 0.25) is 5.91 Å². The predicted molar refractivity (Wildman–Crippen MR) is 100 cm³/mol. The quantitative estimate of drug-likeness (QED) is 0.846. The summed E-state index contributed by atoms with van der Waals surface area (Å²) in [4.78, 5) is 24.6. The van der Waals surface area contributed by atoms with Crippen molar-refractivity contribution in [3.8, 4) is 0 Å². The Labute approximate surface area is 149 Å². The van der Waals surface area contributed by atoms with E-state index in [0.29, 0.717) is 5.56 Å². The highest BCUT2D eigenvalue weighted by atomic mass is 16.2. The molecule has 4 nitrogen and oxygen atoms in total. The van der Waals surface area contributed by atoms with Crippen molar-refractivity contribution in [2.24, 2.45) is 0 Å². The summed E-state index contributed by atoms with van der Waals surface area (Å²) in [5.74, 6) is -0.445. The summed E-state index contributed by atoms with van der Waals surface area (Å²) in [6, 6.07) is 14.8. The Kier molecular flexibility index (Phi) is 6.34. The Morgan fingerprint density at radius 1 is 1.00 bits per heavy atom. The molecule has 0 aromatic heterocycles. The van der Waals surface area contributed by atoms with Gasteiger partial charge in [0.15, 0.2) is 0 Å². The van der Waals surface area contributed by atoms with Crippen molar-refractivity contribution >= 4 is 11.8 Å². The standard InChI is InChI=1S/C21H26N2O2/c1-5-17-9-11-18(12-10-17)15(3)22-20(24)16(4)23-21(25)19-8-6-7-14(2)13-19/h6-13,15-16H,5H2,1-4H3,(H,22,24)(H,23,25). The van der Waals surface area contributed by atoms with Crippen LogP contribution in [0.4, 0.5) is 0 Å². The van der Waals surface area contributed by atoms with E-state index in [1.165, 1.54) is 5.56 Å². The summed E-state index contributed by atoms with van der Waals surface area (Å²) in [6.45, 7) is 7.67. The maximum Gasteiger partial charge on any atom is 0.251 e. The third-order valence-electron chi connectivity index (χ3n) is 4.27. The van der Waals surface area contributed by atoms with Gasteiger partial charge >= 0.3 is 0 Å². The number of rotatable bonds is 6. The molecule has 0 bridgehead atoms. The highest BCUT2D eigenvalue weighted by molar-refractivity contribution is 5.97. The van der Waals surface area contributed by atoms with E-state index in [-0.39, 0.29) is 17.9 Å². The smallest absolute Gasteiger partial charge is 0.251 e. The van der Waals surface area contributed by atoms with Gasteiger partial charge < -0.3 is 10.6 Å². The minimum atomic E-state index is -0.606. The maximum absolute atomic E-state index is 12.4. The van der Waals surface area contributed by atoms with E-state index in [1.54, 1.807) is 19.1 Å². The molecular formula is C21H26N2O2. The van der Waals surface area contributed by atoms with Crippen molar-refractivity contribution in [3.63, 3.8) is 0 Å². The lowest BCUT2D eigenvalue weighted by Gasteiger charge is -2.19. The summed E-state index contributed by atoms with van der Waals surface area (Å²) in [5.41, 5.74) is 3.88. The van der Waals surface area contributed by atoms with Gasteiger partial charge in [0.1, 0.15) is 6.04 Å². The van der Waals surface area contributed by atoms with Crippen molar-refractivity contribution in [2.45, 2.75) is 46.2 Å². The molecule has 0 radical (unpaired) electrons. The Bertz CT molecular complexity index is 738. The number of aryl methyl sites for hydroxylation is 2. The lowest BCUT2D eigenvalue weighted by atomic mass is 10.0. The van der Waals surface area contributed by atoms with Crippen molar-refractivity contribution < 1.29 is 9.59 Å². The molecule has 25 heavy (non-hydrogen) atoms. The van der Waals surface area contributed by atoms with Gasteiger partial charge in [-0.15, -0.1) is 0 Å². The van der Waals surface area contributed by atoms with Crippen LogP contribution >= 0.6 is 0 Å². The van der Waals surface area contributed by atoms with Gasteiger partial charge in [0, 0.05) is 5.56 Å². The predicted octanol–water partition coefficient (Wildman–Crippen LogP) is 3.55. The minimum Gasteiger partial charge on any atom is -0.348 e. The molecule has 4 heteroatoms. The molecule has 0 aliphatic rings. The summed E-state index contributed by atoms with van der Waals surface area (Å²) in [5, 5.41) is 5.70. The zero-order valence-electron chi connectivity index (χ0n) is 15.3. The van der Waals surface area contributed by atoms with Crippen LogP contribution in [0.25, 0.3) is 0 Å². The van der Waals surface area contributed by atoms with Crippen LogP contribution in [-0.2, 0) is 11.2 Å². The Morgan fingerprint density at radius 2 is 1.68 bits per heavy atom. The highest BCUT2D eigenvalue weighted by Crippen LogP contribution is 2.14. The molecular weight excluding hydrogens is 312 g/mol. The monoisotopic (exact) mass is 338 g/mol.